The molecule has 1 heterocycles. The highest BCUT2D eigenvalue weighted by atomic mass is 16.7. The van der Waals surface area contributed by atoms with Gasteiger partial charge in [0.1, 0.15) is 18.8 Å². The molecule has 1 fully saturated rings. The second kappa shape index (κ2) is 15.1. The number of esters is 1. The second-order valence-corrected chi connectivity index (χ2v) is 9.41. The molecule has 1 aliphatic heterocycles. The van der Waals surface area contributed by atoms with Crippen LogP contribution in [-0.4, -0.2) is 61.0 Å². The van der Waals surface area contributed by atoms with Gasteiger partial charge in [0, 0.05) is 6.54 Å². The monoisotopic (exact) mass is 549 g/mol. The highest BCUT2D eigenvalue weighted by Gasteiger charge is 2.47. The number of nitrogens with one attached hydrogen (secondary N) is 1. The molecule has 0 radical (unpaired) electrons. The third kappa shape index (κ3) is 8.62. The number of hydrogen-bond donors (Lipinski definition) is 2. The van der Waals surface area contributed by atoms with Gasteiger partial charge in [-0.2, -0.15) is 0 Å². The van der Waals surface area contributed by atoms with Crippen LogP contribution in [0.5, 0.6) is 0 Å². The van der Waals surface area contributed by atoms with Gasteiger partial charge in [0.05, 0.1) is 24.9 Å². The van der Waals surface area contributed by atoms with Crippen molar-refractivity contribution in [1.29, 1.82) is 0 Å². The molecule has 9 nitrogen and oxygen atoms in total. The lowest BCUT2D eigenvalue weighted by Gasteiger charge is -2.42. The topological polar surface area (TPSA) is 113 Å². The van der Waals surface area contributed by atoms with E-state index in [9.17, 15) is 14.7 Å². The minimum atomic E-state index is -1.20. The van der Waals surface area contributed by atoms with Gasteiger partial charge in [-0.15, -0.1) is 0 Å². The van der Waals surface area contributed by atoms with E-state index >= 15 is 0 Å². The highest BCUT2D eigenvalue weighted by molar-refractivity contribution is 5.89. The van der Waals surface area contributed by atoms with Crippen molar-refractivity contribution >= 4 is 12.1 Å². The molecule has 0 aliphatic carbocycles. The van der Waals surface area contributed by atoms with Crippen LogP contribution in [0.15, 0.2) is 91.0 Å². The average Bonchev–Trinajstić information content (AvgIpc) is 2.99. The minimum Gasteiger partial charge on any atom is -0.450 e. The summed E-state index contributed by atoms with van der Waals surface area (Å²) in [6.07, 6.45) is -4.74. The number of amides is 1. The van der Waals surface area contributed by atoms with E-state index in [1.54, 1.807) is 37.3 Å². The Morgan fingerprint density at radius 2 is 1.43 bits per heavy atom. The number of carbonyl (C=O) groups excluding carboxylic acids is 2. The molecule has 9 heteroatoms. The molecule has 4 rings (SSSR count). The van der Waals surface area contributed by atoms with E-state index in [1.165, 1.54) is 0 Å². The Morgan fingerprint density at radius 3 is 2.08 bits per heavy atom. The van der Waals surface area contributed by atoms with E-state index in [2.05, 4.69) is 5.32 Å². The molecular weight excluding hydrogens is 514 g/mol. The van der Waals surface area contributed by atoms with E-state index in [1.807, 2.05) is 60.7 Å². The van der Waals surface area contributed by atoms with Crippen LogP contribution in [0.1, 0.15) is 34.8 Å². The fraction of sp³-hybridized carbons (Fsp3) is 0.355. The molecule has 0 saturated carbocycles. The molecule has 1 aliphatic rings. The smallest absolute Gasteiger partial charge is 0.407 e. The van der Waals surface area contributed by atoms with Crippen molar-refractivity contribution < 1.29 is 38.4 Å². The van der Waals surface area contributed by atoms with Gasteiger partial charge in [-0.1, -0.05) is 78.9 Å². The van der Waals surface area contributed by atoms with Gasteiger partial charge < -0.3 is 34.1 Å². The Balaban J connectivity index is 1.30. The van der Waals surface area contributed by atoms with E-state index in [0.29, 0.717) is 18.5 Å². The van der Waals surface area contributed by atoms with E-state index < -0.39 is 42.8 Å². The number of carbonyl (C=O) groups is 2. The SMILES string of the molecule is C[C@@H]1O[C@@H](OCCCNC(=O)OCc2ccccc2)[C@H](OC(=O)c2ccccc2)[C@H](O)[C@H]1OCc1ccccc1. The maximum atomic E-state index is 12.8. The van der Waals surface area contributed by atoms with Crippen molar-refractivity contribution in [3.8, 4) is 0 Å². The van der Waals surface area contributed by atoms with Crippen LogP contribution in [0.4, 0.5) is 4.79 Å². The molecule has 3 aromatic carbocycles. The Morgan fingerprint density at radius 1 is 0.825 bits per heavy atom. The summed E-state index contributed by atoms with van der Waals surface area (Å²) in [4.78, 5) is 24.8. The summed E-state index contributed by atoms with van der Waals surface area (Å²) in [5.41, 5.74) is 2.17. The maximum Gasteiger partial charge on any atom is 0.407 e. The molecule has 40 heavy (non-hydrogen) atoms. The Hall–Kier alpha value is -3.76. The first-order valence-electron chi connectivity index (χ1n) is 13.3. The van der Waals surface area contributed by atoms with Gasteiger partial charge in [-0.05, 0) is 36.6 Å². The number of aliphatic hydroxyl groups is 1. The molecule has 3 aromatic rings. The normalized spacial score (nSPS) is 22.3. The molecule has 0 bridgehead atoms. The third-order valence-electron chi connectivity index (χ3n) is 6.38. The second-order valence-electron chi connectivity index (χ2n) is 9.41. The highest BCUT2D eigenvalue weighted by Crippen LogP contribution is 2.28. The maximum absolute atomic E-state index is 12.8. The first-order chi connectivity index (χ1) is 19.5. The number of rotatable bonds is 12. The minimum absolute atomic E-state index is 0.177. The summed E-state index contributed by atoms with van der Waals surface area (Å²) in [5, 5.41) is 13.9. The molecule has 5 atom stereocenters. The van der Waals surface area contributed by atoms with Gasteiger partial charge in [-0.3, -0.25) is 0 Å². The molecule has 1 amide bonds. The van der Waals surface area contributed by atoms with Crippen molar-refractivity contribution in [1.82, 2.24) is 5.32 Å². The summed E-state index contributed by atoms with van der Waals surface area (Å²) in [7, 11) is 0. The van der Waals surface area contributed by atoms with Crippen molar-refractivity contribution in [3.05, 3.63) is 108 Å². The molecule has 0 unspecified atom stereocenters. The summed E-state index contributed by atoms with van der Waals surface area (Å²) < 4.78 is 28.8. The zero-order chi connectivity index (χ0) is 28.2. The molecular formula is C31H35NO8. The zero-order valence-electron chi connectivity index (χ0n) is 22.4. The van der Waals surface area contributed by atoms with Crippen LogP contribution in [-0.2, 0) is 36.9 Å². The third-order valence-corrected chi connectivity index (χ3v) is 6.38. The van der Waals surface area contributed by atoms with Gasteiger partial charge in [0.2, 0.25) is 0 Å². The summed E-state index contributed by atoms with van der Waals surface area (Å²) in [6, 6.07) is 27.5. The zero-order valence-corrected chi connectivity index (χ0v) is 22.4. The van der Waals surface area contributed by atoms with Crippen LogP contribution < -0.4 is 5.32 Å². The van der Waals surface area contributed by atoms with Crippen LogP contribution >= 0.6 is 0 Å². The number of benzene rings is 3. The van der Waals surface area contributed by atoms with Gasteiger partial charge >= 0.3 is 12.1 Å². The van der Waals surface area contributed by atoms with Crippen LogP contribution in [0.3, 0.4) is 0 Å². The summed E-state index contributed by atoms with van der Waals surface area (Å²) >= 11 is 0. The number of alkyl carbamates (subject to hydrolysis) is 1. The first-order valence-corrected chi connectivity index (χ1v) is 13.3. The van der Waals surface area contributed by atoms with Crippen molar-refractivity contribution in [2.45, 2.75) is 57.3 Å². The van der Waals surface area contributed by atoms with E-state index in [4.69, 9.17) is 23.7 Å². The van der Waals surface area contributed by atoms with Gasteiger partial charge in [0.15, 0.2) is 12.4 Å². The predicted octanol–water partition coefficient (Wildman–Crippen LogP) is 4.24. The Bertz CT molecular complexity index is 1180. The quantitative estimate of drug-likeness (QED) is 0.255. The number of ether oxygens (including phenoxy) is 5. The van der Waals surface area contributed by atoms with Crippen molar-refractivity contribution in [3.63, 3.8) is 0 Å². The molecule has 2 N–H and O–H groups in total. The van der Waals surface area contributed by atoms with E-state index in [-0.39, 0.29) is 19.8 Å². The lowest BCUT2D eigenvalue weighted by molar-refractivity contribution is -0.300. The first kappa shape index (κ1) is 29.2. The fourth-order valence-electron chi connectivity index (χ4n) is 4.25. The van der Waals surface area contributed by atoms with Gasteiger partial charge in [-0.25, -0.2) is 9.59 Å². The van der Waals surface area contributed by atoms with Crippen molar-refractivity contribution in [2.75, 3.05) is 13.2 Å². The van der Waals surface area contributed by atoms with Crippen LogP contribution in [0.2, 0.25) is 0 Å². The van der Waals surface area contributed by atoms with Crippen LogP contribution in [0.25, 0.3) is 0 Å². The summed E-state index contributed by atoms with van der Waals surface area (Å²) in [6.45, 7) is 2.69. The van der Waals surface area contributed by atoms with Gasteiger partial charge in [0.25, 0.3) is 0 Å². The molecule has 0 aromatic heterocycles. The number of hydrogen-bond acceptors (Lipinski definition) is 8. The average molecular weight is 550 g/mol. The Labute approximate surface area is 234 Å². The lowest BCUT2D eigenvalue weighted by atomic mass is 9.99. The molecule has 212 valence electrons. The standard InChI is InChI=1S/C31H35NO8/c1-22-27(37-20-23-12-5-2-6-13-23)26(33)28(40-29(34)25-16-9-4-10-17-25)30(39-22)36-19-11-18-32-31(35)38-21-24-14-7-3-8-15-24/h2-10,12-17,22,26-28,30,33H,11,18-21H2,1H3,(H,32,35)/t22-,26+,27-,28+,30+/m0/s1. The largest absolute Gasteiger partial charge is 0.450 e. The Kier molecular flexibility index (Phi) is 11.1. The molecule has 0 spiro atoms. The summed E-state index contributed by atoms with van der Waals surface area (Å²) in [5.74, 6) is -0.610. The number of aliphatic hydroxyl groups excluding tert-OH is 1. The predicted molar refractivity (Wildman–Crippen MR) is 146 cm³/mol. The molecule has 1 saturated heterocycles. The van der Waals surface area contributed by atoms with Crippen LogP contribution in [0, 0.1) is 0 Å². The lowest BCUT2D eigenvalue weighted by Crippen LogP contribution is -2.59. The van der Waals surface area contributed by atoms with Crippen molar-refractivity contribution in [2.24, 2.45) is 0 Å². The fourth-order valence-corrected chi connectivity index (χ4v) is 4.25. The van der Waals surface area contributed by atoms with E-state index in [0.717, 1.165) is 11.1 Å².